The molecule has 152 valence electrons. The lowest BCUT2D eigenvalue weighted by Gasteiger charge is -2.17. The number of halogens is 1. The van der Waals surface area contributed by atoms with Gasteiger partial charge in [0.1, 0.15) is 0 Å². The van der Waals surface area contributed by atoms with Crippen LogP contribution in [-0.2, 0) is 5.54 Å². The Labute approximate surface area is 178 Å². The molecule has 0 amide bonds. The Kier molecular flexibility index (Phi) is 5.18. The highest BCUT2D eigenvalue weighted by Gasteiger charge is 2.36. The molecule has 2 N–H and O–H groups in total. The van der Waals surface area contributed by atoms with Crippen molar-refractivity contribution in [2.75, 3.05) is 0 Å². The highest BCUT2D eigenvalue weighted by Crippen LogP contribution is 2.37. The maximum atomic E-state index is 6.52. The first-order valence-corrected chi connectivity index (χ1v) is 10.5. The van der Waals surface area contributed by atoms with Crippen molar-refractivity contribution in [1.82, 2.24) is 24.9 Å². The molecular formula is C20H23ClN6OS. The van der Waals surface area contributed by atoms with E-state index in [1.165, 1.54) is 0 Å². The number of nitrogens with two attached hydrogens (primary N) is 1. The lowest BCUT2D eigenvalue weighted by atomic mass is 9.98. The Bertz CT molecular complexity index is 1130. The van der Waals surface area contributed by atoms with Crippen LogP contribution in [-0.4, -0.2) is 24.9 Å². The molecule has 9 heteroatoms. The summed E-state index contributed by atoms with van der Waals surface area (Å²) in [5, 5.41) is 11.7. The summed E-state index contributed by atoms with van der Waals surface area (Å²) in [6.07, 6.45) is 5.81. The maximum Gasteiger partial charge on any atom is 0.258 e. The minimum atomic E-state index is -0.480. The minimum Gasteiger partial charge on any atom is -0.334 e. The van der Waals surface area contributed by atoms with E-state index in [9.17, 15) is 0 Å². The fourth-order valence-electron chi connectivity index (χ4n) is 3.89. The molecule has 7 nitrogen and oxygen atoms in total. The van der Waals surface area contributed by atoms with E-state index in [1.807, 2.05) is 28.4 Å². The highest BCUT2D eigenvalue weighted by atomic mass is 35.5. The van der Waals surface area contributed by atoms with Gasteiger partial charge in [-0.2, -0.15) is 10.1 Å². The van der Waals surface area contributed by atoms with Crippen LogP contribution in [0.15, 0.2) is 34.3 Å². The number of rotatable bonds is 4. The zero-order valence-corrected chi connectivity index (χ0v) is 18.0. The van der Waals surface area contributed by atoms with Crippen molar-refractivity contribution < 1.29 is 4.52 Å². The van der Waals surface area contributed by atoms with Gasteiger partial charge in [0.2, 0.25) is 0 Å². The van der Waals surface area contributed by atoms with Gasteiger partial charge in [0.05, 0.1) is 33.3 Å². The zero-order valence-electron chi connectivity index (χ0n) is 16.3. The predicted molar refractivity (Wildman–Crippen MR) is 116 cm³/mol. The summed E-state index contributed by atoms with van der Waals surface area (Å²) in [7, 11) is 0. The molecule has 0 spiro atoms. The first-order valence-electron chi connectivity index (χ1n) is 9.61. The van der Waals surface area contributed by atoms with Crippen molar-refractivity contribution >= 4 is 34.8 Å². The van der Waals surface area contributed by atoms with E-state index < -0.39 is 5.54 Å². The average Bonchev–Trinajstić information content (AvgIpc) is 3.46. The second kappa shape index (κ2) is 7.51. The van der Waals surface area contributed by atoms with Gasteiger partial charge in [-0.25, -0.2) is 9.67 Å². The molecule has 0 aliphatic heterocycles. The van der Waals surface area contributed by atoms with Crippen molar-refractivity contribution in [3.05, 3.63) is 35.6 Å². The van der Waals surface area contributed by atoms with E-state index in [0.717, 1.165) is 52.9 Å². The van der Waals surface area contributed by atoms with E-state index in [4.69, 9.17) is 20.2 Å². The van der Waals surface area contributed by atoms with Crippen LogP contribution in [0.4, 0.5) is 0 Å². The molecule has 4 heterocycles. The van der Waals surface area contributed by atoms with Gasteiger partial charge in [-0.15, -0.1) is 23.7 Å². The van der Waals surface area contributed by atoms with E-state index in [1.54, 1.807) is 11.3 Å². The van der Waals surface area contributed by atoms with Crippen LogP contribution in [0, 0.1) is 0 Å². The van der Waals surface area contributed by atoms with E-state index >= 15 is 0 Å². The lowest BCUT2D eigenvalue weighted by Crippen LogP contribution is -2.34. The summed E-state index contributed by atoms with van der Waals surface area (Å²) in [6.45, 7) is 4.18. The van der Waals surface area contributed by atoms with Crippen molar-refractivity contribution in [3.8, 4) is 22.0 Å². The standard InChI is InChI=1S/C20H22N6OS.ClH/c1-12(2)26-17-14(11-22-26)13(10-15(23-17)16-6-5-9-28-16)18-24-19(25-27-18)20(21)7-3-4-8-20;/h5-6,9-12H,3-4,7-8,21H2,1-2H3;1H. The molecule has 0 unspecified atom stereocenters. The molecule has 5 rings (SSSR count). The number of thiophene rings is 1. The Morgan fingerprint density at radius 2 is 2.03 bits per heavy atom. The van der Waals surface area contributed by atoms with Crippen molar-refractivity contribution in [2.45, 2.75) is 51.1 Å². The normalized spacial score (nSPS) is 15.9. The van der Waals surface area contributed by atoms with Gasteiger partial charge in [-0.05, 0) is 44.2 Å². The summed E-state index contributed by atoms with van der Waals surface area (Å²) < 4.78 is 7.60. The summed E-state index contributed by atoms with van der Waals surface area (Å²) >= 11 is 1.65. The van der Waals surface area contributed by atoms with Crippen LogP contribution in [0.3, 0.4) is 0 Å². The summed E-state index contributed by atoms with van der Waals surface area (Å²) in [5.74, 6) is 1.07. The monoisotopic (exact) mass is 430 g/mol. The quantitative estimate of drug-likeness (QED) is 0.492. The molecule has 0 bridgehead atoms. The molecule has 1 saturated carbocycles. The smallest absolute Gasteiger partial charge is 0.258 e. The Morgan fingerprint density at radius 1 is 1.24 bits per heavy atom. The molecule has 1 aliphatic carbocycles. The second-order valence-corrected chi connectivity index (χ2v) is 8.69. The topological polar surface area (TPSA) is 95.7 Å². The van der Waals surface area contributed by atoms with Crippen LogP contribution in [0.5, 0.6) is 0 Å². The van der Waals surface area contributed by atoms with Crippen LogP contribution < -0.4 is 5.73 Å². The fourth-order valence-corrected chi connectivity index (χ4v) is 4.57. The SMILES string of the molecule is CC(C)n1ncc2c(-c3nc(C4(N)CCCC4)no3)cc(-c3cccs3)nc21.Cl. The van der Waals surface area contributed by atoms with Crippen LogP contribution in [0.2, 0.25) is 0 Å². The first kappa shape index (κ1) is 20.0. The summed E-state index contributed by atoms with van der Waals surface area (Å²) in [5.41, 5.74) is 8.59. The van der Waals surface area contributed by atoms with Gasteiger partial charge in [-0.3, -0.25) is 0 Å². The molecule has 1 fully saturated rings. The van der Waals surface area contributed by atoms with Gasteiger partial charge >= 0.3 is 0 Å². The summed E-state index contributed by atoms with van der Waals surface area (Å²) in [6, 6.07) is 6.29. The van der Waals surface area contributed by atoms with Gasteiger partial charge in [0, 0.05) is 6.04 Å². The van der Waals surface area contributed by atoms with Gasteiger partial charge in [0.25, 0.3) is 5.89 Å². The summed E-state index contributed by atoms with van der Waals surface area (Å²) in [4.78, 5) is 10.7. The van der Waals surface area contributed by atoms with E-state index in [0.29, 0.717) is 11.7 Å². The Morgan fingerprint density at radius 3 is 2.72 bits per heavy atom. The van der Waals surface area contributed by atoms with Crippen LogP contribution >= 0.6 is 23.7 Å². The minimum absolute atomic E-state index is 0. The highest BCUT2D eigenvalue weighted by molar-refractivity contribution is 7.13. The molecular weight excluding hydrogens is 408 g/mol. The molecule has 0 radical (unpaired) electrons. The van der Waals surface area contributed by atoms with Crippen LogP contribution in [0.1, 0.15) is 51.4 Å². The lowest BCUT2D eigenvalue weighted by molar-refractivity contribution is 0.373. The van der Waals surface area contributed by atoms with Crippen molar-refractivity contribution in [3.63, 3.8) is 0 Å². The largest absolute Gasteiger partial charge is 0.334 e. The molecule has 0 saturated heterocycles. The third-order valence-electron chi connectivity index (χ3n) is 5.43. The third-order valence-corrected chi connectivity index (χ3v) is 6.32. The number of aromatic nitrogens is 5. The first-order chi connectivity index (χ1) is 13.5. The molecule has 0 atom stereocenters. The average molecular weight is 431 g/mol. The van der Waals surface area contributed by atoms with E-state index in [-0.39, 0.29) is 18.4 Å². The predicted octanol–water partition coefficient (Wildman–Crippen LogP) is 4.94. The van der Waals surface area contributed by atoms with E-state index in [2.05, 4.69) is 30.2 Å². The van der Waals surface area contributed by atoms with Crippen LogP contribution in [0.25, 0.3) is 33.1 Å². The third kappa shape index (κ3) is 3.35. The molecule has 4 aromatic heterocycles. The van der Waals surface area contributed by atoms with Crippen molar-refractivity contribution in [1.29, 1.82) is 0 Å². The number of fused-ring (bicyclic) bond motifs is 1. The molecule has 0 aromatic carbocycles. The Balaban J connectivity index is 0.00000205. The number of nitrogens with zero attached hydrogens (tertiary/aromatic N) is 5. The van der Waals surface area contributed by atoms with Crippen molar-refractivity contribution in [2.24, 2.45) is 5.73 Å². The Hall–Kier alpha value is -2.29. The number of hydrogen-bond donors (Lipinski definition) is 1. The van der Waals surface area contributed by atoms with Gasteiger partial charge < -0.3 is 10.3 Å². The van der Waals surface area contributed by atoms with Gasteiger partial charge in [0.15, 0.2) is 11.5 Å². The number of hydrogen-bond acceptors (Lipinski definition) is 7. The molecule has 29 heavy (non-hydrogen) atoms. The molecule has 4 aromatic rings. The zero-order chi connectivity index (χ0) is 19.3. The fraction of sp³-hybridized carbons (Fsp3) is 0.400. The van der Waals surface area contributed by atoms with Gasteiger partial charge in [-0.1, -0.05) is 24.1 Å². The molecule has 1 aliphatic rings. The number of pyridine rings is 1. The maximum absolute atomic E-state index is 6.52. The second-order valence-electron chi connectivity index (χ2n) is 7.74.